The van der Waals surface area contributed by atoms with E-state index in [0.717, 1.165) is 24.3 Å². The molecule has 29 heavy (non-hydrogen) atoms. The fourth-order valence-electron chi connectivity index (χ4n) is 2.58. The highest BCUT2D eigenvalue weighted by Crippen LogP contribution is 2.26. The number of hydrogen-bond donors (Lipinski definition) is 1. The summed E-state index contributed by atoms with van der Waals surface area (Å²) in [4.78, 5) is 12.3. The number of benzene rings is 3. The number of rotatable bonds is 6. The highest BCUT2D eigenvalue weighted by Gasteiger charge is 2.29. The maximum Gasteiger partial charge on any atom is 0.264 e. The number of carbonyl (C=O) groups is 1. The minimum Gasteiger partial charge on any atom is -0.324 e. The SMILES string of the molecule is O=C(CN(c1ccccc1F)S(=O)(=O)c1ccccc1)Nc1ccc(F)c(F)c1. The van der Waals surface area contributed by atoms with Gasteiger partial charge in [0.25, 0.3) is 10.0 Å². The monoisotopic (exact) mass is 420 g/mol. The number of halogens is 3. The number of nitrogens with one attached hydrogen (secondary N) is 1. The summed E-state index contributed by atoms with van der Waals surface area (Å²) in [5.74, 6) is -3.97. The highest BCUT2D eigenvalue weighted by molar-refractivity contribution is 7.92. The molecule has 0 aliphatic heterocycles. The Balaban J connectivity index is 1.94. The van der Waals surface area contributed by atoms with Crippen LogP contribution in [0, 0.1) is 17.5 Å². The molecule has 150 valence electrons. The first-order chi connectivity index (χ1) is 13.8. The maximum atomic E-state index is 14.3. The van der Waals surface area contributed by atoms with E-state index in [-0.39, 0.29) is 16.3 Å². The molecule has 0 saturated carbocycles. The smallest absolute Gasteiger partial charge is 0.264 e. The largest absolute Gasteiger partial charge is 0.324 e. The van der Waals surface area contributed by atoms with Gasteiger partial charge in [0.2, 0.25) is 5.91 Å². The zero-order valence-electron chi connectivity index (χ0n) is 14.8. The fraction of sp³-hybridized carbons (Fsp3) is 0.0500. The van der Waals surface area contributed by atoms with Crippen LogP contribution in [0.5, 0.6) is 0 Å². The summed E-state index contributed by atoms with van der Waals surface area (Å²) in [6.07, 6.45) is 0. The van der Waals surface area contributed by atoms with E-state index in [0.29, 0.717) is 4.31 Å². The second-order valence-corrected chi connectivity index (χ2v) is 7.82. The van der Waals surface area contributed by atoms with Gasteiger partial charge in [0.05, 0.1) is 10.6 Å². The molecule has 0 saturated heterocycles. The molecule has 0 unspecified atom stereocenters. The minimum atomic E-state index is -4.28. The molecular weight excluding hydrogens is 405 g/mol. The summed E-state index contributed by atoms with van der Waals surface area (Å²) in [5, 5.41) is 2.28. The van der Waals surface area contributed by atoms with Crippen LogP contribution in [-0.4, -0.2) is 20.9 Å². The summed E-state index contributed by atoms with van der Waals surface area (Å²) in [6.45, 7) is -0.781. The molecule has 0 spiro atoms. The van der Waals surface area contributed by atoms with E-state index >= 15 is 0 Å². The molecule has 3 aromatic carbocycles. The first-order valence-electron chi connectivity index (χ1n) is 8.36. The molecule has 3 rings (SSSR count). The predicted molar refractivity (Wildman–Crippen MR) is 102 cm³/mol. The third kappa shape index (κ3) is 4.57. The summed E-state index contributed by atoms with van der Waals surface area (Å²) in [6, 6.07) is 15.0. The van der Waals surface area contributed by atoms with Gasteiger partial charge in [-0.25, -0.2) is 21.6 Å². The van der Waals surface area contributed by atoms with Gasteiger partial charge in [-0.05, 0) is 36.4 Å². The zero-order valence-corrected chi connectivity index (χ0v) is 15.7. The van der Waals surface area contributed by atoms with Crippen LogP contribution in [0.1, 0.15) is 0 Å². The standard InChI is InChI=1S/C20H15F3N2O3S/c21-16-11-10-14(12-18(16)23)24-20(26)13-25(19-9-5-4-8-17(19)22)29(27,28)15-6-2-1-3-7-15/h1-12H,13H2,(H,24,26). The van der Waals surface area contributed by atoms with Crippen molar-refractivity contribution in [3.05, 3.63) is 90.2 Å². The number of anilines is 2. The number of amides is 1. The molecule has 0 fully saturated rings. The fourth-order valence-corrected chi connectivity index (χ4v) is 4.03. The number of sulfonamides is 1. The van der Waals surface area contributed by atoms with E-state index in [4.69, 9.17) is 0 Å². The molecule has 0 atom stereocenters. The van der Waals surface area contributed by atoms with E-state index in [1.54, 1.807) is 6.07 Å². The molecule has 0 radical (unpaired) electrons. The van der Waals surface area contributed by atoms with Gasteiger partial charge in [0, 0.05) is 11.8 Å². The van der Waals surface area contributed by atoms with E-state index in [2.05, 4.69) is 5.32 Å². The van der Waals surface area contributed by atoms with Crippen molar-refractivity contribution in [3.8, 4) is 0 Å². The van der Waals surface area contributed by atoms with Gasteiger partial charge in [-0.3, -0.25) is 9.10 Å². The highest BCUT2D eigenvalue weighted by atomic mass is 32.2. The Bertz CT molecular complexity index is 1140. The quantitative estimate of drug-likeness (QED) is 0.657. The predicted octanol–water partition coefficient (Wildman–Crippen LogP) is 3.94. The molecule has 0 aliphatic rings. The summed E-state index contributed by atoms with van der Waals surface area (Å²) < 4.78 is 67.4. The molecule has 9 heteroatoms. The first kappa shape index (κ1) is 20.4. The average Bonchev–Trinajstić information content (AvgIpc) is 2.70. The molecule has 1 amide bonds. The van der Waals surface area contributed by atoms with Crippen molar-refractivity contribution in [1.29, 1.82) is 0 Å². The lowest BCUT2D eigenvalue weighted by molar-refractivity contribution is -0.114. The van der Waals surface area contributed by atoms with Crippen LogP contribution in [0.25, 0.3) is 0 Å². The van der Waals surface area contributed by atoms with E-state index in [9.17, 15) is 26.4 Å². The van der Waals surface area contributed by atoms with Gasteiger partial charge < -0.3 is 5.32 Å². The molecule has 0 aromatic heterocycles. The molecule has 1 N–H and O–H groups in total. The van der Waals surface area contributed by atoms with Crippen molar-refractivity contribution < 1.29 is 26.4 Å². The lowest BCUT2D eigenvalue weighted by atomic mass is 10.3. The van der Waals surface area contributed by atoms with Gasteiger partial charge in [-0.1, -0.05) is 30.3 Å². The van der Waals surface area contributed by atoms with Crippen LogP contribution in [-0.2, 0) is 14.8 Å². The average molecular weight is 420 g/mol. The van der Waals surface area contributed by atoms with Crippen molar-refractivity contribution >= 4 is 27.3 Å². The first-order valence-corrected chi connectivity index (χ1v) is 9.80. The van der Waals surface area contributed by atoms with Gasteiger partial charge >= 0.3 is 0 Å². The second-order valence-electron chi connectivity index (χ2n) is 5.95. The van der Waals surface area contributed by atoms with E-state index < -0.39 is 39.9 Å². The van der Waals surface area contributed by atoms with Gasteiger partial charge in [0.1, 0.15) is 12.4 Å². The normalized spacial score (nSPS) is 11.1. The Morgan fingerprint density at radius 2 is 1.48 bits per heavy atom. The number of para-hydroxylation sites is 1. The Hall–Kier alpha value is -3.33. The number of hydrogen-bond acceptors (Lipinski definition) is 3. The van der Waals surface area contributed by atoms with Crippen LogP contribution in [0.4, 0.5) is 24.5 Å². The van der Waals surface area contributed by atoms with Crippen molar-refractivity contribution in [3.63, 3.8) is 0 Å². The zero-order chi connectivity index (χ0) is 21.0. The van der Waals surface area contributed by atoms with Crippen LogP contribution in [0.3, 0.4) is 0 Å². The molecule has 5 nitrogen and oxygen atoms in total. The van der Waals surface area contributed by atoms with Crippen molar-refractivity contribution in [2.45, 2.75) is 4.90 Å². The third-order valence-corrected chi connectivity index (χ3v) is 5.72. The van der Waals surface area contributed by atoms with Gasteiger partial charge in [-0.2, -0.15) is 0 Å². The Morgan fingerprint density at radius 1 is 0.828 bits per heavy atom. The van der Waals surface area contributed by atoms with Gasteiger partial charge in [0.15, 0.2) is 11.6 Å². The topological polar surface area (TPSA) is 66.5 Å². The van der Waals surface area contributed by atoms with E-state index in [1.165, 1.54) is 42.5 Å². The van der Waals surface area contributed by atoms with Crippen LogP contribution < -0.4 is 9.62 Å². The molecule has 0 bridgehead atoms. The van der Waals surface area contributed by atoms with Crippen LogP contribution in [0.2, 0.25) is 0 Å². The Morgan fingerprint density at radius 3 is 2.14 bits per heavy atom. The molecule has 3 aromatic rings. The lowest BCUT2D eigenvalue weighted by Crippen LogP contribution is -2.38. The third-order valence-electron chi connectivity index (χ3n) is 3.94. The van der Waals surface area contributed by atoms with E-state index in [1.807, 2.05) is 0 Å². The molecule has 0 aliphatic carbocycles. The van der Waals surface area contributed by atoms with Gasteiger partial charge in [-0.15, -0.1) is 0 Å². The summed E-state index contributed by atoms with van der Waals surface area (Å²) in [7, 11) is -4.28. The Labute approximate surface area is 165 Å². The Kier molecular flexibility index (Phi) is 5.88. The lowest BCUT2D eigenvalue weighted by Gasteiger charge is -2.24. The van der Waals surface area contributed by atoms with Crippen molar-refractivity contribution in [2.75, 3.05) is 16.2 Å². The minimum absolute atomic E-state index is 0.0699. The molecule has 0 heterocycles. The second kappa shape index (κ2) is 8.36. The number of carbonyl (C=O) groups excluding carboxylic acids is 1. The molecular formula is C20H15F3N2O3S. The summed E-state index contributed by atoms with van der Waals surface area (Å²) in [5.41, 5.74) is -0.392. The maximum absolute atomic E-state index is 14.3. The van der Waals surface area contributed by atoms with Crippen LogP contribution >= 0.6 is 0 Å². The van der Waals surface area contributed by atoms with Crippen molar-refractivity contribution in [1.82, 2.24) is 0 Å². The van der Waals surface area contributed by atoms with Crippen LogP contribution in [0.15, 0.2) is 77.7 Å². The number of nitrogens with zero attached hydrogens (tertiary/aromatic N) is 1. The van der Waals surface area contributed by atoms with Crippen molar-refractivity contribution in [2.24, 2.45) is 0 Å². The summed E-state index contributed by atoms with van der Waals surface area (Å²) >= 11 is 0.